The van der Waals surface area contributed by atoms with Gasteiger partial charge in [-0.1, -0.05) is 12.8 Å². The topological polar surface area (TPSA) is 64.6 Å². The molecule has 1 saturated carbocycles. The summed E-state index contributed by atoms with van der Waals surface area (Å²) in [6.45, 7) is 5.50. The average molecular weight is 271 g/mol. The summed E-state index contributed by atoms with van der Waals surface area (Å²) >= 11 is 0. The van der Waals surface area contributed by atoms with Gasteiger partial charge in [-0.2, -0.15) is 0 Å². The van der Waals surface area contributed by atoms with E-state index in [0.29, 0.717) is 6.42 Å². The molecule has 0 aromatic heterocycles. The van der Waals surface area contributed by atoms with E-state index in [1.165, 1.54) is 7.11 Å². The van der Waals surface area contributed by atoms with Gasteiger partial charge in [0.2, 0.25) is 0 Å². The molecular formula is C14H25NO4. The molecule has 0 aromatic carbocycles. The Morgan fingerprint density at radius 2 is 1.84 bits per heavy atom. The molecule has 1 aliphatic rings. The maximum absolute atomic E-state index is 11.8. The molecule has 2 unspecified atom stereocenters. The molecule has 0 radical (unpaired) electrons. The third kappa shape index (κ3) is 5.94. The zero-order valence-corrected chi connectivity index (χ0v) is 12.3. The average Bonchev–Trinajstić information content (AvgIpc) is 2.29. The highest BCUT2D eigenvalue weighted by Crippen LogP contribution is 2.27. The lowest BCUT2D eigenvalue weighted by atomic mass is 9.82. The minimum absolute atomic E-state index is 0.00250. The van der Waals surface area contributed by atoms with E-state index in [-0.39, 0.29) is 17.9 Å². The van der Waals surface area contributed by atoms with Crippen molar-refractivity contribution in [3.63, 3.8) is 0 Å². The number of nitrogens with one attached hydrogen (secondary N) is 1. The van der Waals surface area contributed by atoms with Crippen molar-refractivity contribution in [1.29, 1.82) is 0 Å². The molecule has 2 atom stereocenters. The van der Waals surface area contributed by atoms with Crippen LogP contribution in [0.25, 0.3) is 0 Å². The summed E-state index contributed by atoms with van der Waals surface area (Å²) in [5.41, 5.74) is -0.503. The van der Waals surface area contributed by atoms with Gasteiger partial charge < -0.3 is 14.8 Å². The van der Waals surface area contributed by atoms with Crippen molar-refractivity contribution in [3.05, 3.63) is 0 Å². The van der Waals surface area contributed by atoms with Crippen molar-refractivity contribution in [2.75, 3.05) is 7.11 Å². The summed E-state index contributed by atoms with van der Waals surface area (Å²) in [6, 6.07) is 0.00250. The van der Waals surface area contributed by atoms with Crippen LogP contribution in [0.2, 0.25) is 0 Å². The second kappa shape index (κ2) is 6.78. The van der Waals surface area contributed by atoms with Crippen molar-refractivity contribution in [1.82, 2.24) is 5.32 Å². The maximum atomic E-state index is 11.8. The number of carbonyl (C=O) groups excluding carboxylic acids is 2. The van der Waals surface area contributed by atoms with Gasteiger partial charge in [-0.25, -0.2) is 4.79 Å². The summed E-state index contributed by atoms with van der Waals surface area (Å²) in [4.78, 5) is 23.2. The molecule has 0 spiro atoms. The molecule has 1 N–H and O–H groups in total. The normalized spacial score (nSPS) is 23.6. The lowest BCUT2D eigenvalue weighted by Crippen LogP contribution is -2.45. The van der Waals surface area contributed by atoms with Crippen LogP contribution in [0.15, 0.2) is 0 Å². The lowest BCUT2D eigenvalue weighted by molar-refractivity contribution is -0.142. The summed E-state index contributed by atoms with van der Waals surface area (Å²) in [6.07, 6.45) is 3.94. The highest BCUT2D eigenvalue weighted by molar-refractivity contribution is 5.70. The molecule has 0 aromatic rings. The SMILES string of the molecule is COC(=O)CC1CCCCC1NC(=O)OC(C)(C)C. The first kappa shape index (κ1) is 15.8. The Morgan fingerprint density at radius 3 is 2.42 bits per heavy atom. The van der Waals surface area contributed by atoms with Crippen LogP contribution < -0.4 is 5.32 Å². The van der Waals surface area contributed by atoms with Crippen molar-refractivity contribution in [2.45, 2.75) is 64.5 Å². The molecule has 1 fully saturated rings. The Balaban J connectivity index is 2.52. The Bertz CT molecular complexity index is 322. The van der Waals surface area contributed by atoms with Gasteiger partial charge in [0.15, 0.2) is 0 Å². The van der Waals surface area contributed by atoms with E-state index >= 15 is 0 Å². The predicted octanol–water partition coefficient (Wildman–Crippen LogP) is 2.63. The van der Waals surface area contributed by atoms with Crippen LogP contribution in [-0.4, -0.2) is 30.8 Å². The van der Waals surface area contributed by atoms with Gasteiger partial charge in [0.25, 0.3) is 0 Å². The third-order valence-electron chi connectivity index (χ3n) is 3.27. The molecule has 5 nitrogen and oxygen atoms in total. The van der Waals surface area contributed by atoms with E-state index in [1.54, 1.807) is 0 Å². The minimum atomic E-state index is -0.503. The molecule has 0 saturated heterocycles. The first-order chi connectivity index (χ1) is 8.81. The van der Waals surface area contributed by atoms with Gasteiger partial charge in [-0.15, -0.1) is 0 Å². The van der Waals surface area contributed by atoms with Gasteiger partial charge in [0.1, 0.15) is 5.60 Å². The van der Waals surface area contributed by atoms with Gasteiger partial charge in [-0.3, -0.25) is 4.79 Å². The van der Waals surface area contributed by atoms with Crippen molar-refractivity contribution in [3.8, 4) is 0 Å². The highest BCUT2D eigenvalue weighted by atomic mass is 16.6. The largest absolute Gasteiger partial charge is 0.469 e. The first-order valence-corrected chi connectivity index (χ1v) is 6.88. The minimum Gasteiger partial charge on any atom is -0.469 e. The smallest absolute Gasteiger partial charge is 0.407 e. The number of rotatable bonds is 3. The van der Waals surface area contributed by atoms with Crippen LogP contribution in [0.5, 0.6) is 0 Å². The molecule has 1 rings (SSSR count). The zero-order valence-electron chi connectivity index (χ0n) is 12.3. The van der Waals surface area contributed by atoms with Gasteiger partial charge in [0, 0.05) is 6.04 Å². The summed E-state index contributed by atoms with van der Waals surface area (Å²) in [5, 5.41) is 2.89. The second-order valence-electron chi connectivity index (χ2n) is 6.08. The lowest BCUT2D eigenvalue weighted by Gasteiger charge is -2.32. The summed E-state index contributed by atoms with van der Waals surface area (Å²) in [5.74, 6) is -0.0726. The summed E-state index contributed by atoms with van der Waals surface area (Å²) < 4.78 is 9.96. The van der Waals surface area contributed by atoms with Crippen LogP contribution in [0.3, 0.4) is 0 Å². The highest BCUT2D eigenvalue weighted by Gasteiger charge is 2.30. The monoisotopic (exact) mass is 271 g/mol. The van der Waals surface area contributed by atoms with Crippen LogP contribution in [0.4, 0.5) is 4.79 Å². The number of hydrogen-bond acceptors (Lipinski definition) is 4. The molecule has 1 aliphatic carbocycles. The standard InChI is InChI=1S/C14H25NO4/c1-14(2,3)19-13(17)15-11-8-6-5-7-10(11)9-12(16)18-4/h10-11H,5-9H2,1-4H3,(H,15,17). The Kier molecular flexibility index (Phi) is 5.63. The van der Waals surface area contributed by atoms with E-state index in [0.717, 1.165) is 25.7 Å². The number of amides is 1. The number of ether oxygens (including phenoxy) is 2. The van der Waals surface area contributed by atoms with E-state index in [4.69, 9.17) is 9.47 Å². The van der Waals surface area contributed by atoms with Crippen LogP contribution in [0.1, 0.15) is 52.9 Å². The predicted molar refractivity (Wildman–Crippen MR) is 71.7 cm³/mol. The van der Waals surface area contributed by atoms with Crippen LogP contribution >= 0.6 is 0 Å². The fourth-order valence-corrected chi connectivity index (χ4v) is 2.40. The third-order valence-corrected chi connectivity index (χ3v) is 3.27. The number of alkyl carbamates (subject to hydrolysis) is 1. The van der Waals surface area contributed by atoms with Gasteiger partial charge in [-0.05, 0) is 39.5 Å². The van der Waals surface area contributed by atoms with Crippen LogP contribution in [0, 0.1) is 5.92 Å². The van der Waals surface area contributed by atoms with Gasteiger partial charge in [0.05, 0.1) is 13.5 Å². The van der Waals surface area contributed by atoms with E-state index in [9.17, 15) is 9.59 Å². The Morgan fingerprint density at radius 1 is 1.21 bits per heavy atom. The van der Waals surface area contributed by atoms with E-state index in [2.05, 4.69) is 5.32 Å². The molecule has 0 bridgehead atoms. The molecular weight excluding hydrogens is 246 g/mol. The molecule has 1 amide bonds. The number of esters is 1. The van der Waals surface area contributed by atoms with E-state index in [1.807, 2.05) is 20.8 Å². The fourth-order valence-electron chi connectivity index (χ4n) is 2.40. The van der Waals surface area contributed by atoms with Crippen LogP contribution in [-0.2, 0) is 14.3 Å². The van der Waals surface area contributed by atoms with Gasteiger partial charge >= 0.3 is 12.1 Å². The molecule has 0 aliphatic heterocycles. The van der Waals surface area contributed by atoms with Crippen molar-refractivity contribution < 1.29 is 19.1 Å². The zero-order chi connectivity index (χ0) is 14.5. The summed E-state index contributed by atoms with van der Waals surface area (Å²) in [7, 11) is 1.39. The molecule has 19 heavy (non-hydrogen) atoms. The number of methoxy groups -OCH3 is 1. The quantitative estimate of drug-likeness (QED) is 0.801. The van der Waals surface area contributed by atoms with Crippen molar-refractivity contribution in [2.24, 2.45) is 5.92 Å². The second-order valence-corrected chi connectivity index (χ2v) is 6.08. The molecule has 110 valence electrons. The number of hydrogen-bond donors (Lipinski definition) is 1. The fraction of sp³-hybridized carbons (Fsp3) is 0.857. The maximum Gasteiger partial charge on any atom is 0.407 e. The van der Waals surface area contributed by atoms with Crippen molar-refractivity contribution >= 4 is 12.1 Å². The first-order valence-electron chi connectivity index (χ1n) is 6.88. The number of carbonyl (C=O) groups is 2. The molecule has 0 heterocycles. The molecule has 5 heteroatoms. The Labute approximate surface area is 115 Å². The van der Waals surface area contributed by atoms with E-state index < -0.39 is 11.7 Å². The Hall–Kier alpha value is -1.26.